The summed E-state index contributed by atoms with van der Waals surface area (Å²) in [6.07, 6.45) is 8.00. The highest BCUT2D eigenvalue weighted by Crippen LogP contribution is 2.31. The van der Waals surface area contributed by atoms with Gasteiger partial charge >= 0.3 is 0 Å². The van der Waals surface area contributed by atoms with Crippen LogP contribution in [0.2, 0.25) is 0 Å². The van der Waals surface area contributed by atoms with Crippen LogP contribution in [0.5, 0.6) is 0 Å². The molecule has 2 rings (SSSR count). The van der Waals surface area contributed by atoms with Crippen LogP contribution in [-0.4, -0.2) is 49.3 Å². The second-order valence-electron chi connectivity index (χ2n) is 7.04. The Hall–Kier alpha value is -0.120. The maximum Gasteiger partial charge on any atom is 0.0469 e. The van der Waals surface area contributed by atoms with Crippen molar-refractivity contribution in [2.75, 3.05) is 32.8 Å². The van der Waals surface area contributed by atoms with Crippen molar-refractivity contribution < 1.29 is 4.74 Å². The Morgan fingerprint density at radius 3 is 2.25 bits per heavy atom. The van der Waals surface area contributed by atoms with Crippen molar-refractivity contribution in [1.29, 1.82) is 0 Å². The molecule has 0 spiro atoms. The van der Waals surface area contributed by atoms with Crippen molar-refractivity contribution in [2.45, 2.75) is 70.9 Å². The molecule has 0 aliphatic carbocycles. The van der Waals surface area contributed by atoms with Crippen LogP contribution in [-0.2, 0) is 4.74 Å². The Balaban J connectivity index is 2.07. The van der Waals surface area contributed by atoms with Gasteiger partial charge in [0, 0.05) is 24.8 Å². The summed E-state index contributed by atoms with van der Waals surface area (Å²) in [6, 6.07) is 0.592. The molecule has 0 saturated carbocycles. The molecule has 3 heteroatoms. The molecule has 20 heavy (non-hydrogen) atoms. The van der Waals surface area contributed by atoms with Gasteiger partial charge in [0.1, 0.15) is 0 Å². The van der Waals surface area contributed by atoms with Crippen molar-refractivity contribution in [1.82, 2.24) is 10.2 Å². The van der Waals surface area contributed by atoms with Crippen LogP contribution in [0, 0.1) is 5.92 Å². The lowest BCUT2D eigenvalue weighted by Gasteiger charge is -2.48. The first-order valence-electron chi connectivity index (χ1n) is 8.72. The van der Waals surface area contributed by atoms with E-state index in [9.17, 15) is 0 Å². The van der Waals surface area contributed by atoms with E-state index in [0.717, 1.165) is 25.7 Å². The molecule has 2 saturated heterocycles. The summed E-state index contributed by atoms with van der Waals surface area (Å²) in [6.45, 7) is 12.7. The van der Waals surface area contributed by atoms with E-state index in [-0.39, 0.29) is 5.54 Å². The molecule has 0 bridgehead atoms. The van der Waals surface area contributed by atoms with Gasteiger partial charge in [-0.15, -0.1) is 0 Å². The first-order valence-corrected chi connectivity index (χ1v) is 8.72. The van der Waals surface area contributed by atoms with Gasteiger partial charge in [-0.2, -0.15) is 0 Å². The SMILES string of the molecule is CCNC(C1CCOCC1)C(C)(C)N1CCCCCC1. The predicted molar refractivity (Wildman–Crippen MR) is 85.1 cm³/mol. The molecule has 118 valence electrons. The lowest BCUT2D eigenvalue weighted by molar-refractivity contribution is 0.00676. The highest BCUT2D eigenvalue weighted by Gasteiger charge is 2.39. The van der Waals surface area contributed by atoms with Crippen LogP contribution in [0.1, 0.15) is 59.3 Å². The van der Waals surface area contributed by atoms with Gasteiger partial charge in [0.15, 0.2) is 0 Å². The number of nitrogens with one attached hydrogen (secondary N) is 1. The highest BCUT2D eigenvalue weighted by molar-refractivity contribution is 4.98. The van der Waals surface area contributed by atoms with Gasteiger partial charge in [-0.1, -0.05) is 19.8 Å². The normalized spacial score (nSPS) is 25.4. The number of nitrogens with zero attached hydrogens (tertiary/aromatic N) is 1. The second-order valence-corrected chi connectivity index (χ2v) is 7.04. The number of rotatable bonds is 5. The van der Waals surface area contributed by atoms with Crippen molar-refractivity contribution in [3.8, 4) is 0 Å². The Kier molecular flexibility index (Phi) is 6.31. The first-order chi connectivity index (χ1) is 9.66. The lowest BCUT2D eigenvalue weighted by Crippen LogP contribution is -2.61. The van der Waals surface area contributed by atoms with E-state index in [2.05, 4.69) is 31.0 Å². The third-order valence-electron chi connectivity index (χ3n) is 5.34. The zero-order chi connectivity index (χ0) is 14.4. The number of hydrogen-bond donors (Lipinski definition) is 1. The first kappa shape index (κ1) is 16.3. The fraction of sp³-hybridized carbons (Fsp3) is 1.00. The summed E-state index contributed by atoms with van der Waals surface area (Å²) in [7, 11) is 0. The molecule has 0 aromatic heterocycles. The van der Waals surface area contributed by atoms with Gasteiger partial charge in [-0.25, -0.2) is 0 Å². The average molecular weight is 282 g/mol. The highest BCUT2D eigenvalue weighted by atomic mass is 16.5. The topological polar surface area (TPSA) is 24.5 Å². The molecule has 2 aliphatic heterocycles. The van der Waals surface area contributed by atoms with Gasteiger partial charge < -0.3 is 10.1 Å². The van der Waals surface area contributed by atoms with Crippen LogP contribution in [0.15, 0.2) is 0 Å². The minimum Gasteiger partial charge on any atom is -0.381 e. The molecular weight excluding hydrogens is 248 g/mol. The van der Waals surface area contributed by atoms with E-state index in [4.69, 9.17) is 4.74 Å². The van der Waals surface area contributed by atoms with E-state index < -0.39 is 0 Å². The van der Waals surface area contributed by atoms with Crippen LogP contribution >= 0.6 is 0 Å². The maximum atomic E-state index is 5.56. The molecule has 0 aromatic carbocycles. The molecule has 2 heterocycles. The Bertz CT molecular complexity index is 266. The quantitative estimate of drug-likeness (QED) is 0.839. The fourth-order valence-electron chi connectivity index (χ4n) is 4.11. The van der Waals surface area contributed by atoms with Crippen molar-refractivity contribution in [3.05, 3.63) is 0 Å². The Morgan fingerprint density at radius 1 is 1.10 bits per heavy atom. The summed E-state index contributed by atoms with van der Waals surface area (Å²) in [5, 5.41) is 3.81. The van der Waals surface area contributed by atoms with Gasteiger partial charge in [0.2, 0.25) is 0 Å². The second kappa shape index (κ2) is 7.77. The molecule has 0 amide bonds. The minimum atomic E-state index is 0.252. The van der Waals surface area contributed by atoms with Crippen LogP contribution in [0.3, 0.4) is 0 Å². The molecule has 3 nitrogen and oxygen atoms in total. The molecule has 0 radical (unpaired) electrons. The van der Waals surface area contributed by atoms with E-state index in [0.29, 0.717) is 6.04 Å². The largest absolute Gasteiger partial charge is 0.381 e. The summed E-state index contributed by atoms with van der Waals surface area (Å²) < 4.78 is 5.56. The zero-order valence-electron chi connectivity index (χ0n) is 13.8. The molecule has 2 aliphatic rings. The third kappa shape index (κ3) is 3.96. The monoisotopic (exact) mass is 282 g/mol. The van der Waals surface area contributed by atoms with Crippen LogP contribution in [0.4, 0.5) is 0 Å². The van der Waals surface area contributed by atoms with Crippen LogP contribution in [0.25, 0.3) is 0 Å². The van der Waals surface area contributed by atoms with Crippen LogP contribution < -0.4 is 5.32 Å². The summed E-state index contributed by atoms with van der Waals surface area (Å²) in [5.41, 5.74) is 0.252. The van der Waals surface area contributed by atoms with Crippen molar-refractivity contribution in [2.24, 2.45) is 5.92 Å². The average Bonchev–Trinajstić information content (AvgIpc) is 2.75. The van der Waals surface area contributed by atoms with Gasteiger partial charge in [-0.3, -0.25) is 4.90 Å². The third-order valence-corrected chi connectivity index (χ3v) is 5.34. The van der Waals surface area contributed by atoms with Crippen molar-refractivity contribution >= 4 is 0 Å². The van der Waals surface area contributed by atoms with Gasteiger partial charge in [-0.05, 0) is 65.1 Å². The number of likely N-dealkylation sites (tertiary alicyclic amines) is 1. The Labute approximate surface area is 125 Å². The van der Waals surface area contributed by atoms with E-state index in [1.54, 1.807) is 0 Å². The fourth-order valence-corrected chi connectivity index (χ4v) is 4.11. The lowest BCUT2D eigenvalue weighted by atomic mass is 9.79. The number of likely N-dealkylation sites (N-methyl/N-ethyl adjacent to an activating group) is 1. The molecule has 2 fully saturated rings. The molecule has 0 aromatic rings. The minimum absolute atomic E-state index is 0.252. The summed E-state index contributed by atoms with van der Waals surface area (Å²) in [4.78, 5) is 2.75. The van der Waals surface area contributed by atoms with E-state index >= 15 is 0 Å². The van der Waals surface area contributed by atoms with Gasteiger partial charge in [0.25, 0.3) is 0 Å². The molecule has 1 unspecified atom stereocenters. The van der Waals surface area contributed by atoms with E-state index in [1.165, 1.54) is 51.6 Å². The molecule has 1 atom stereocenters. The Morgan fingerprint density at radius 2 is 1.70 bits per heavy atom. The zero-order valence-corrected chi connectivity index (χ0v) is 13.8. The molecular formula is C17H34N2O. The summed E-state index contributed by atoms with van der Waals surface area (Å²) >= 11 is 0. The molecule has 1 N–H and O–H groups in total. The predicted octanol–water partition coefficient (Wildman–Crippen LogP) is 3.05. The van der Waals surface area contributed by atoms with Gasteiger partial charge in [0.05, 0.1) is 0 Å². The number of ether oxygens (including phenoxy) is 1. The standard InChI is InChI=1S/C17H34N2O/c1-4-18-16(15-9-13-20-14-10-15)17(2,3)19-11-7-5-6-8-12-19/h15-16,18H,4-14H2,1-3H3. The summed E-state index contributed by atoms with van der Waals surface area (Å²) in [5.74, 6) is 0.766. The number of hydrogen-bond acceptors (Lipinski definition) is 3. The van der Waals surface area contributed by atoms with E-state index in [1.807, 2.05) is 0 Å². The van der Waals surface area contributed by atoms with Crippen molar-refractivity contribution in [3.63, 3.8) is 0 Å². The maximum absolute atomic E-state index is 5.56. The smallest absolute Gasteiger partial charge is 0.0469 e.